The van der Waals surface area contributed by atoms with Crippen LogP contribution >= 0.6 is 0 Å². The summed E-state index contributed by atoms with van der Waals surface area (Å²) in [6, 6.07) is 23.7. The van der Waals surface area contributed by atoms with Crippen LogP contribution in [0.5, 0.6) is 11.5 Å². The van der Waals surface area contributed by atoms with Gasteiger partial charge in [-0.2, -0.15) is 0 Å². The van der Waals surface area contributed by atoms with Gasteiger partial charge in [0.15, 0.2) is 0 Å². The molecule has 0 saturated heterocycles. The van der Waals surface area contributed by atoms with Crippen LogP contribution in [0.15, 0.2) is 97.6 Å². The van der Waals surface area contributed by atoms with Gasteiger partial charge in [-0.3, -0.25) is 0 Å². The first kappa shape index (κ1) is 28.9. The van der Waals surface area contributed by atoms with Crippen LogP contribution in [0.1, 0.15) is 17.5 Å². The smallest absolute Gasteiger partial charge is 0.335 e. The average molecular weight is 529 g/mol. The summed E-state index contributed by atoms with van der Waals surface area (Å²) in [6.07, 6.45) is 5.73. The van der Waals surface area contributed by atoms with Gasteiger partial charge >= 0.3 is 11.9 Å². The van der Waals surface area contributed by atoms with Crippen molar-refractivity contribution >= 4 is 24.1 Å². The predicted molar refractivity (Wildman–Crippen MR) is 151 cm³/mol. The van der Waals surface area contributed by atoms with Gasteiger partial charge in [-0.25, -0.2) is 9.59 Å². The summed E-state index contributed by atoms with van der Waals surface area (Å²) in [5, 5.41) is 8.85. The van der Waals surface area contributed by atoms with Crippen molar-refractivity contribution in [2.45, 2.75) is 6.42 Å². The van der Waals surface area contributed by atoms with Gasteiger partial charge < -0.3 is 24.1 Å². The standard InChI is InChI=1S/C32H32O7/c1-3-31(34)38-22-21-37-29-15-9-26(10-16-29)6-5-25-7-11-27(12-8-25)28-13-17-30(18-14-28)36-19-4-20-39-32(35)24(2)23-33/h3,5-18,33H,1-2,4,19-23H2/b6-5+. The van der Waals surface area contributed by atoms with E-state index in [0.29, 0.717) is 18.8 Å². The fraction of sp³-hybridized carbons (Fsp3) is 0.188. The van der Waals surface area contributed by atoms with E-state index in [1.165, 1.54) is 0 Å². The Bertz CT molecular complexity index is 1260. The Balaban J connectivity index is 1.42. The highest BCUT2D eigenvalue weighted by Gasteiger charge is 2.06. The number of hydrogen-bond donors (Lipinski definition) is 1. The second-order valence-electron chi connectivity index (χ2n) is 8.37. The molecule has 0 unspecified atom stereocenters. The first-order valence-corrected chi connectivity index (χ1v) is 12.5. The fourth-order valence-corrected chi connectivity index (χ4v) is 3.34. The van der Waals surface area contributed by atoms with Crippen molar-refractivity contribution < 1.29 is 33.6 Å². The lowest BCUT2D eigenvalue weighted by Crippen LogP contribution is -2.12. The first-order chi connectivity index (χ1) is 19.0. The van der Waals surface area contributed by atoms with E-state index in [4.69, 9.17) is 24.1 Å². The van der Waals surface area contributed by atoms with Crippen LogP contribution < -0.4 is 9.47 Å². The molecule has 0 aromatic heterocycles. The molecule has 0 bridgehead atoms. The molecule has 0 atom stereocenters. The van der Waals surface area contributed by atoms with E-state index in [9.17, 15) is 9.59 Å². The van der Waals surface area contributed by atoms with Crippen LogP contribution in [0.25, 0.3) is 23.3 Å². The highest BCUT2D eigenvalue weighted by Crippen LogP contribution is 2.24. The van der Waals surface area contributed by atoms with Gasteiger partial charge in [0.25, 0.3) is 0 Å². The van der Waals surface area contributed by atoms with Crippen molar-refractivity contribution in [1.29, 1.82) is 0 Å². The zero-order valence-electron chi connectivity index (χ0n) is 21.7. The average Bonchev–Trinajstić information content (AvgIpc) is 2.98. The molecule has 1 N–H and O–H groups in total. The summed E-state index contributed by atoms with van der Waals surface area (Å²) in [4.78, 5) is 22.4. The van der Waals surface area contributed by atoms with Crippen molar-refractivity contribution in [3.8, 4) is 22.6 Å². The molecule has 0 saturated carbocycles. The first-order valence-electron chi connectivity index (χ1n) is 12.5. The minimum absolute atomic E-state index is 0.0377. The monoisotopic (exact) mass is 528 g/mol. The molecule has 0 aliphatic rings. The molecular weight excluding hydrogens is 496 g/mol. The van der Waals surface area contributed by atoms with Crippen LogP contribution in [-0.4, -0.2) is 50.1 Å². The van der Waals surface area contributed by atoms with Crippen molar-refractivity contribution in [3.05, 3.63) is 109 Å². The van der Waals surface area contributed by atoms with Crippen LogP contribution in [0, 0.1) is 0 Å². The van der Waals surface area contributed by atoms with Gasteiger partial charge in [-0.15, -0.1) is 0 Å². The van der Waals surface area contributed by atoms with Gasteiger partial charge in [0.05, 0.1) is 25.4 Å². The summed E-state index contributed by atoms with van der Waals surface area (Å²) >= 11 is 0. The minimum Gasteiger partial charge on any atom is -0.493 e. The molecule has 39 heavy (non-hydrogen) atoms. The van der Waals surface area contributed by atoms with E-state index in [1.54, 1.807) is 0 Å². The number of ether oxygens (including phenoxy) is 4. The summed E-state index contributed by atoms with van der Waals surface area (Å²) in [5.41, 5.74) is 4.31. The number of carbonyl (C=O) groups is 2. The third-order valence-electron chi connectivity index (χ3n) is 5.48. The number of aliphatic hydroxyl groups excluding tert-OH is 1. The molecule has 0 heterocycles. The lowest BCUT2D eigenvalue weighted by Gasteiger charge is -2.09. The number of aliphatic hydroxyl groups is 1. The third-order valence-corrected chi connectivity index (χ3v) is 5.48. The highest BCUT2D eigenvalue weighted by atomic mass is 16.6. The number of carbonyl (C=O) groups excluding carboxylic acids is 2. The van der Waals surface area contributed by atoms with Crippen molar-refractivity contribution in [2.75, 3.05) is 33.0 Å². The predicted octanol–water partition coefficient (Wildman–Crippen LogP) is 5.49. The zero-order chi connectivity index (χ0) is 27.9. The maximum absolute atomic E-state index is 11.4. The van der Waals surface area contributed by atoms with Gasteiger partial charge in [-0.1, -0.05) is 73.8 Å². The van der Waals surface area contributed by atoms with E-state index < -0.39 is 18.5 Å². The van der Waals surface area contributed by atoms with Crippen molar-refractivity contribution in [3.63, 3.8) is 0 Å². The molecule has 3 aromatic carbocycles. The van der Waals surface area contributed by atoms with E-state index in [2.05, 4.69) is 37.4 Å². The summed E-state index contributed by atoms with van der Waals surface area (Å²) < 4.78 is 21.1. The Labute approximate surface area is 228 Å². The Morgan fingerprint density at radius 2 is 1.21 bits per heavy atom. The molecule has 0 amide bonds. The number of hydrogen-bond acceptors (Lipinski definition) is 7. The summed E-state index contributed by atoms with van der Waals surface area (Å²) in [7, 11) is 0. The van der Waals surface area contributed by atoms with E-state index in [0.717, 1.165) is 34.1 Å². The molecule has 0 aliphatic heterocycles. The Hall–Kier alpha value is -4.62. The lowest BCUT2D eigenvalue weighted by atomic mass is 10.0. The largest absolute Gasteiger partial charge is 0.493 e. The normalized spacial score (nSPS) is 10.6. The Morgan fingerprint density at radius 3 is 1.77 bits per heavy atom. The number of benzene rings is 3. The van der Waals surface area contributed by atoms with Crippen LogP contribution in [0.3, 0.4) is 0 Å². The Kier molecular flexibility index (Phi) is 11.6. The quantitative estimate of drug-likeness (QED) is 0.121. The second kappa shape index (κ2) is 15.6. The molecule has 7 nitrogen and oxygen atoms in total. The van der Waals surface area contributed by atoms with E-state index >= 15 is 0 Å². The minimum atomic E-state index is -0.592. The lowest BCUT2D eigenvalue weighted by molar-refractivity contribution is -0.140. The SMILES string of the molecule is C=CC(=O)OCCOc1ccc(/C=C/c2ccc(-c3ccc(OCCCOC(=O)C(=C)CO)cc3)cc2)cc1. The fourth-order valence-electron chi connectivity index (χ4n) is 3.34. The maximum Gasteiger partial charge on any atom is 0.335 e. The van der Waals surface area contributed by atoms with Crippen molar-refractivity contribution in [1.82, 2.24) is 0 Å². The molecule has 3 aromatic rings. The van der Waals surface area contributed by atoms with Gasteiger partial charge in [0, 0.05) is 12.5 Å². The van der Waals surface area contributed by atoms with E-state index in [1.807, 2.05) is 60.7 Å². The molecular formula is C32H32O7. The Morgan fingerprint density at radius 1 is 0.692 bits per heavy atom. The molecule has 202 valence electrons. The third kappa shape index (κ3) is 9.98. The molecule has 7 heteroatoms. The highest BCUT2D eigenvalue weighted by molar-refractivity contribution is 5.87. The van der Waals surface area contributed by atoms with Crippen LogP contribution in [0.2, 0.25) is 0 Å². The van der Waals surface area contributed by atoms with Crippen LogP contribution in [-0.2, 0) is 19.1 Å². The molecule has 0 radical (unpaired) electrons. The van der Waals surface area contributed by atoms with Gasteiger partial charge in [-0.05, 0) is 46.5 Å². The molecule has 3 rings (SSSR count). The van der Waals surface area contributed by atoms with Crippen molar-refractivity contribution in [2.24, 2.45) is 0 Å². The maximum atomic E-state index is 11.4. The topological polar surface area (TPSA) is 91.3 Å². The number of rotatable bonds is 15. The van der Waals surface area contributed by atoms with Crippen LogP contribution in [0.4, 0.5) is 0 Å². The van der Waals surface area contributed by atoms with E-state index in [-0.39, 0.29) is 25.4 Å². The molecule has 0 aliphatic carbocycles. The van der Waals surface area contributed by atoms with Gasteiger partial charge in [0.2, 0.25) is 0 Å². The molecule has 0 spiro atoms. The number of esters is 2. The second-order valence-corrected chi connectivity index (χ2v) is 8.37. The summed E-state index contributed by atoms with van der Waals surface area (Å²) in [6.45, 7) is 7.41. The summed E-state index contributed by atoms with van der Waals surface area (Å²) in [5.74, 6) is 0.380. The molecule has 0 fully saturated rings. The zero-order valence-corrected chi connectivity index (χ0v) is 21.7. The van der Waals surface area contributed by atoms with Gasteiger partial charge in [0.1, 0.15) is 24.7 Å².